The maximum Gasteiger partial charge on any atom is 0.306 e. The number of hydrogen-bond donors (Lipinski definition) is 1. The minimum absolute atomic E-state index is 0.0183. The molecule has 0 spiro atoms. The number of likely N-dealkylation sites (N-methyl/N-ethyl adjacent to an activating group) is 1. The SMILES string of the molecule is CCCCCCCC/C=C/CCCCCCCCCCCCCCCC(=O)NC(COP(=O)([O-])OCC[N+](C)(C)C)C(/C=C\CCCCCCCCCCCC)OC(=O)CCCCCCCCCCCCCCCCC. The van der Waals surface area contributed by atoms with Gasteiger partial charge in [0.25, 0.3) is 7.82 Å². The molecule has 10 heteroatoms. The van der Waals surface area contributed by atoms with Crippen LogP contribution >= 0.6 is 7.82 Å². The summed E-state index contributed by atoms with van der Waals surface area (Å²) in [7, 11) is 1.20. The molecule has 0 heterocycles. The molecule has 0 saturated carbocycles. The molecule has 3 atom stereocenters. The Bertz CT molecular complexity index is 1350. The van der Waals surface area contributed by atoms with Crippen molar-refractivity contribution in [2.45, 2.75) is 348 Å². The van der Waals surface area contributed by atoms with E-state index in [4.69, 9.17) is 13.8 Å². The third kappa shape index (κ3) is 57.2. The summed E-state index contributed by atoms with van der Waals surface area (Å²) < 4.78 is 30.4. The number of carbonyl (C=O) groups excluding carboxylic acids is 2. The first kappa shape index (κ1) is 74.5. The second-order valence-electron chi connectivity index (χ2n) is 24.0. The minimum Gasteiger partial charge on any atom is -0.756 e. The van der Waals surface area contributed by atoms with Gasteiger partial charge in [0.15, 0.2) is 0 Å². The smallest absolute Gasteiger partial charge is 0.306 e. The van der Waals surface area contributed by atoms with Gasteiger partial charge in [0.2, 0.25) is 5.91 Å². The number of hydrogen-bond acceptors (Lipinski definition) is 7. The third-order valence-corrected chi connectivity index (χ3v) is 16.1. The van der Waals surface area contributed by atoms with Crippen LogP contribution in [-0.2, 0) is 27.9 Å². The Morgan fingerprint density at radius 3 is 1.12 bits per heavy atom. The van der Waals surface area contributed by atoms with Crippen LogP contribution in [0.2, 0.25) is 0 Å². The second kappa shape index (κ2) is 56.8. The molecule has 1 amide bonds. The highest BCUT2D eigenvalue weighted by Gasteiger charge is 2.27. The number of quaternary nitrogens is 1. The summed E-state index contributed by atoms with van der Waals surface area (Å²) in [6.07, 6.45) is 67.2. The van der Waals surface area contributed by atoms with Crippen LogP contribution in [0.25, 0.3) is 0 Å². The van der Waals surface area contributed by atoms with E-state index in [1.165, 1.54) is 244 Å². The highest BCUT2D eigenvalue weighted by molar-refractivity contribution is 7.45. The lowest BCUT2D eigenvalue weighted by molar-refractivity contribution is -0.870. The van der Waals surface area contributed by atoms with Crippen molar-refractivity contribution < 1.29 is 37.3 Å². The normalized spacial score (nSPS) is 13.7. The monoisotopic (exact) mass is 1090 g/mol. The Kier molecular flexibility index (Phi) is 55.6. The maximum atomic E-state index is 13.6. The number of nitrogens with one attached hydrogen (secondary N) is 1. The van der Waals surface area contributed by atoms with Gasteiger partial charge in [-0.2, -0.15) is 0 Å². The van der Waals surface area contributed by atoms with Crippen molar-refractivity contribution >= 4 is 19.7 Å². The number of amides is 1. The molecular weight excluding hydrogens is 964 g/mol. The molecule has 1 N–H and O–H groups in total. The standard InChI is InChI=1S/C66H129N2O7P/c1-7-10-13-16-19-22-25-28-30-31-32-33-34-35-36-37-39-40-43-46-49-52-55-58-65(69)67-63(62-74-76(71,72)73-61-60-68(4,5)6)64(57-54-51-48-45-42-27-24-21-18-15-12-9-3)75-66(70)59-56-53-50-47-44-41-38-29-26-23-20-17-14-11-8-2/h28,30,54,57,63-64H,7-27,29,31-53,55-56,58-62H2,1-6H3,(H-,67,69,71,72)/b30-28+,57-54-. The fourth-order valence-corrected chi connectivity index (χ4v) is 10.7. The molecule has 0 aromatic carbocycles. The van der Waals surface area contributed by atoms with Gasteiger partial charge >= 0.3 is 5.97 Å². The fourth-order valence-electron chi connectivity index (χ4n) is 9.99. The summed E-state index contributed by atoms with van der Waals surface area (Å²) in [5.74, 6) is -0.522. The molecule has 0 saturated heterocycles. The number of allylic oxidation sites excluding steroid dienone is 3. The molecule has 0 bridgehead atoms. The number of ether oxygens (including phenoxy) is 1. The highest BCUT2D eigenvalue weighted by Crippen LogP contribution is 2.38. The van der Waals surface area contributed by atoms with Crippen molar-refractivity contribution in [2.75, 3.05) is 40.9 Å². The van der Waals surface area contributed by atoms with Crippen LogP contribution in [0.4, 0.5) is 0 Å². The number of esters is 1. The van der Waals surface area contributed by atoms with Gasteiger partial charge in [0.1, 0.15) is 19.3 Å². The fraction of sp³-hybridized carbons (Fsp3) is 0.909. The number of nitrogens with zero attached hydrogens (tertiary/aromatic N) is 1. The first-order valence-electron chi connectivity index (χ1n) is 33.1. The quantitative estimate of drug-likeness (QED) is 0.0212. The zero-order valence-electron chi connectivity index (χ0n) is 51.5. The molecule has 0 aromatic heterocycles. The van der Waals surface area contributed by atoms with Crippen molar-refractivity contribution in [2.24, 2.45) is 0 Å². The second-order valence-corrected chi connectivity index (χ2v) is 25.4. The molecule has 76 heavy (non-hydrogen) atoms. The van der Waals surface area contributed by atoms with Gasteiger partial charge in [0, 0.05) is 12.8 Å². The Hall–Kier alpha value is -1.51. The van der Waals surface area contributed by atoms with Crippen molar-refractivity contribution in [3.63, 3.8) is 0 Å². The largest absolute Gasteiger partial charge is 0.756 e. The van der Waals surface area contributed by atoms with E-state index in [0.717, 1.165) is 57.8 Å². The van der Waals surface area contributed by atoms with Crippen molar-refractivity contribution in [1.82, 2.24) is 5.32 Å². The van der Waals surface area contributed by atoms with Crippen molar-refractivity contribution in [1.29, 1.82) is 0 Å². The molecule has 0 fully saturated rings. The lowest BCUT2D eigenvalue weighted by atomic mass is 10.0. The average Bonchev–Trinajstić information content (AvgIpc) is 3.38. The summed E-state index contributed by atoms with van der Waals surface area (Å²) in [5, 5.41) is 3.04. The predicted octanol–water partition coefficient (Wildman–Crippen LogP) is 19.9. The summed E-state index contributed by atoms with van der Waals surface area (Å²) in [4.78, 5) is 40.0. The number of unbranched alkanes of at least 4 members (excludes halogenated alkanes) is 43. The van der Waals surface area contributed by atoms with Gasteiger partial charge < -0.3 is 28.5 Å². The van der Waals surface area contributed by atoms with Crippen LogP contribution in [0, 0.1) is 0 Å². The van der Waals surface area contributed by atoms with E-state index < -0.39 is 20.0 Å². The summed E-state index contributed by atoms with van der Waals surface area (Å²) in [6.45, 7) is 6.89. The van der Waals surface area contributed by atoms with E-state index in [9.17, 15) is 19.0 Å². The number of carbonyl (C=O) groups is 2. The van der Waals surface area contributed by atoms with Crippen molar-refractivity contribution in [3.8, 4) is 0 Å². The van der Waals surface area contributed by atoms with Crippen LogP contribution in [0.3, 0.4) is 0 Å². The van der Waals surface area contributed by atoms with E-state index in [-0.39, 0.29) is 31.5 Å². The van der Waals surface area contributed by atoms with Gasteiger partial charge in [-0.1, -0.05) is 289 Å². The molecule has 0 rings (SSSR count). The van der Waals surface area contributed by atoms with E-state index >= 15 is 0 Å². The molecule has 0 aliphatic heterocycles. The highest BCUT2D eigenvalue weighted by atomic mass is 31.2. The van der Waals surface area contributed by atoms with E-state index in [2.05, 4.69) is 38.2 Å². The lowest BCUT2D eigenvalue weighted by Crippen LogP contribution is -2.47. The maximum absolute atomic E-state index is 13.6. The van der Waals surface area contributed by atoms with Crippen LogP contribution in [0.1, 0.15) is 335 Å². The van der Waals surface area contributed by atoms with E-state index in [1.807, 2.05) is 33.3 Å². The topological polar surface area (TPSA) is 114 Å². The van der Waals surface area contributed by atoms with Gasteiger partial charge in [-0.15, -0.1) is 0 Å². The molecule has 450 valence electrons. The van der Waals surface area contributed by atoms with Gasteiger partial charge in [-0.25, -0.2) is 0 Å². The predicted molar refractivity (Wildman–Crippen MR) is 326 cm³/mol. The van der Waals surface area contributed by atoms with E-state index in [0.29, 0.717) is 17.4 Å². The Morgan fingerprint density at radius 1 is 0.447 bits per heavy atom. The summed E-state index contributed by atoms with van der Waals surface area (Å²) >= 11 is 0. The third-order valence-electron chi connectivity index (χ3n) is 15.1. The Balaban J connectivity index is 5.09. The number of phosphoric acid groups is 1. The molecule has 0 radical (unpaired) electrons. The van der Waals surface area contributed by atoms with Crippen LogP contribution < -0.4 is 10.2 Å². The van der Waals surface area contributed by atoms with E-state index in [1.54, 1.807) is 0 Å². The molecular formula is C66H129N2O7P. The lowest BCUT2D eigenvalue weighted by Gasteiger charge is -2.30. The zero-order valence-corrected chi connectivity index (χ0v) is 52.4. The van der Waals surface area contributed by atoms with Crippen LogP contribution in [-0.4, -0.2) is 69.4 Å². The van der Waals surface area contributed by atoms with Gasteiger partial charge in [-0.05, 0) is 57.4 Å². The Morgan fingerprint density at radius 2 is 0.763 bits per heavy atom. The van der Waals surface area contributed by atoms with Gasteiger partial charge in [-0.3, -0.25) is 14.2 Å². The van der Waals surface area contributed by atoms with Crippen molar-refractivity contribution in [3.05, 3.63) is 24.3 Å². The molecule has 0 aliphatic carbocycles. The minimum atomic E-state index is -4.69. The number of rotatable bonds is 61. The summed E-state index contributed by atoms with van der Waals surface area (Å²) in [6, 6.07) is -0.882. The van der Waals surface area contributed by atoms with Crippen LogP contribution in [0.5, 0.6) is 0 Å². The molecule has 0 aliphatic rings. The summed E-state index contributed by atoms with van der Waals surface area (Å²) in [5.41, 5.74) is 0. The van der Waals surface area contributed by atoms with Gasteiger partial charge in [0.05, 0.1) is 33.8 Å². The molecule has 3 unspecified atom stereocenters. The first-order valence-corrected chi connectivity index (χ1v) is 34.6. The molecule has 9 nitrogen and oxygen atoms in total. The average molecular weight is 1090 g/mol. The first-order chi connectivity index (χ1) is 36.9. The molecule has 0 aromatic rings. The Labute approximate surface area is 473 Å². The van der Waals surface area contributed by atoms with Crippen LogP contribution in [0.15, 0.2) is 24.3 Å². The zero-order chi connectivity index (χ0) is 55.7. The number of phosphoric ester groups is 1.